The number of ether oxygens (including phenoxy) is 1. The normalized spacial score (nSPS) is 10.9. The molecule has 1 aromatic heterocycles. The molecule has 0 saturated heterocycles. The maximum absolute atomic E-state index is 12.6. The minimum Gasteiger partial charge on any atom is -0.478 e. The summed E-state index contributed by atoms with van der Waals surface area (Å²) in [7, 11) is 0. The van der Waals surface area contributed by atoms with E-state index in [2.05, 4.69) is 5.32 Å². The number of carboxylic acid groups (broad SMARTS) is 1. The molecule has 2 N–H and O–H groups in total. The SMILES string of the molecule is CCOC(=O)c1c(-c2cccc3ccccc23)csc1NC(=O)/C=C/C(=O)O. The van der Waals surface area contributed by atoms with Crippen molar-refractivity contribution in [3.8, 4) is 11.1 Å². The Morgan fingerprint density at radius 3 is 2.57 bits per heavy atom. The Hall–Kier alpha value is -3.45. The van der Waals surface area contributed by atoms with Crippen molar-refractivity contribution in [2.45, 2.75) is 6.92 Å². The van der Waals surface area contributed by atoms with Crippen molar-refractivity contribution >= 4 is 45.0 Å². The van der Waals surface area contributed by atoms with E-state index in [1.54, 1.807) is 12.3 Å². The molecule has 7 heteroatoms. The van der Waals surface area contributed by atoms with E-state index in [4.69, 9.17) is 9.84 Å². The number of aliphatic carboxylic acids is 1. The van der Waals surface area contributed by atoms with Crippen molar-refractivity contribution in [2.75, 3.05) is 11.9 Å². The summed E-state index contributed by atoms with van der Waals surface area (Å²) in [6.07, 6.45) is 1.63. The molecule has 6 nitrogen and oxygen atoms in total. The smallest absolute Gasteiger partial charge is 0.341 e. The van der Waals surface area contributed by atoms with Crippen LogP contribution in [0.15, 0.2) is 60.0 Å². The van der Waals surface area contributed by atoms with Gasteiger partial charge in [0, 0.05) is 23.1 Å². The van der Waals surface area contributed by atoms with Gasteiger partial charge in [0.1, 0.15) is 10.6 Å². The van der Waals surface area contributed by atoms with E-state index < -0.39 is 17.8 Å². The first-order chi connectivity index (χ1) is 13.5. The number of rotatable bonds is 6. The highest BCUT2D eigenvalue weighted by molar-refractivity contribution is 7.15. The highest BCUT2D eigenvalue weighted by Gasteiger charge is 2.23. The Balaban J connectivity index is 2.09. The van der Waals surface area contributed by atoms with E-state index >= 15 is 0 Å². The molecule has 1 amide bonds. The minimum absolute atomic E-state index is 0.190. The Morgan fingerprint density at radius 2 is 1.82 bits per heavy atom. The van der Waals surface area contributed by atoms with Gasteiger partial charge in [0.15, 0.2) is 0 Å². The molecule has 3 rings (SSSR count). The lowest BCUT2D eigenvalue weighted by molar-refractivity contribution is -0.131. The third kappa shape index (κ3) is 4.10. The van der Waals surface area contributed by atoms with Gasteiger partial charge in [0.25, 0.3) is 0 Å². The van der Waals surface area contributed by atoms with E-state index in [9.17, 15) is 14.4 Å². The Bertz CT molecular complexity index is 1080. The van der Waals surface area contributed by atoms with E-state index in [0.717, 1.165) is 28.5 Å². The van der Waals surface area contributed by atoms with Crippen LogP contribution in [0.3, 0.4) is 0 Å². The zero-order valence-electron chi connectivity index (χ0n) is 15.0. The lowest BCUT2D eigenvalue weighted by Crippen LogP contribution is -2.13. The van der Waals surface area contributed by atoms with Crippen LogP contribution in [0, 0.1) is 0 Å². The topological polar surface area (TPSA) is 92.7 Å². The van der Waals surface area contributed by atoms with E-state index in [-0.39, 0.29) is 12.2 Å². The maximum Gasteiger partial charge on any atom is 0.341 e. The largest absolute Gasteiger partial charge is 0.478 e. The number of nitrogens with one attached hydrogen (secondary N) is 1. The monoisotopic (exact) mass is 395 g/mol. The number of thiophene rings is 1. The lowest BCUT2D eigenvalue weighted by Gasteiger charge is -2.10. The van der Waals surface area contributed by atoms with E-state index in [1.807, 2.05) is 42.5 Å². The molecule has 0 aliphatic carbocycles. The van der Waals surface area contributed by atoms with Gasteiger partial charge in [-0.05, 0) is 23.3 Å². The number of amides is 1. The second-order valence-electron chi connectivity index (χ2n) is 5.76. The third-order valence-corrected chi connectivity index (χ3v) is 4.86. The molecule has 0 bridgehead atoms. The van der Waals surface area contributed by atoms with Gasteiger partial charge in [0.2, 0.25) is 5.91 Å². The molecule has 2 aromatic carbocycles. The zero-order chi connectivity index (χ0) is 20.1. The van der Waals surface area contributed by atoms with Gasteiger partial charge in [-0.3, -0.25) is 4.79 Å². The van der Waals surface area contributed by atoms with Crippen LogP contribution in [0.5, 0.6) is 0 Å². The molecule has 0 radical (unpaired) electrons. The lowest BCUT2D eigenvalue weighted by atomic mass is 9.97. The fourth-order valence-corrected chi connectivity index (χ4v) is 3.77. The first kappa shape index (κ1) is 19.3. The summed E-state index contributed by atoms with van der Waals surface area (Å²) in [5.74, 6) is -2.42. The highest BCUT2D eigenvalue weighted by Crippen LogP contribution is 2.39. The average molecular weight is 395 g/mol. The number of hydrogen-bond donors (Lipinski definition) is 2. The van der Waals surface area contributed by atoms with E-state index in [1.165, 1.54) is 11.3 Å². The van der Waals surface area contributed by atoms with Crippen LogP contribution in [-0.4, -0.2) is 29.6 Å². The summed E-state index contributed by atoms with van der Waals surface area (Å²) < 4.78 is 5.19. The molecule has 0 spiro atoms. The van der Waals surface area contributed by atoms with Crippen molar-refractivity contribution < 1.29 is 24.2 Å². The molecule has 28 heavy (non-hydrogen) atoms. The molecule has 0 aliphatic heterocycles. The molecule has 3 aromatic rings. The zero-order valence-corrected chi connectivity index (χ0v) is 15.8. The minimum atomic E-state index is -1.23. The van der Waals surface area contributed by atoms with Crippen molar-refractivity contribution in [2.24, 2.45) is 0 Å². The number of carbonyl (C=O) groups is 3. The molecule has 0 aliphatic rings. The molecule has 1 heterocycles. The summed E-state index contributed by atoms with van der Waals surface area (Å²) >= 11 is 1.18. The Labute approximate surface area is 165 Å². The number of hydrogen-bond acceptors (Lipinski definition) is 5. The second-order valence-corrected chi connectivity index (χ2v) is 6.64. The number of benzene rings is 2. The standard InChI is InChI=1S/C21H17NO5S/c1-2-27-21(26)19-16(12-28-20(19)22-17(23)10-11-18(24)25)15-9-5-7-13-6-3-4-8-14(13)15/h3-12H,2H2,1H3,(H,22,23)(H,24,25)/b11-10+. The first-order valence-electron chi connectivity index (χ1n) is 8.50. The molecule has 0 atom stereocenters. The fraction of sp³-hybridized carbons (Fsp3) is 0.0952. The van der Waals surface area contributed by atoms with Crippen LogP contribution >= 0.6 is 11.3 Å². The van der Waals surface area contributed by atoms with Crippen molar-refractivity contribution in [3.63, 3.8) is 0 Å². The molecular formula is C21H17NO5S. The van der Waals surface area contributed by atoms with Crippen molar-refractivity contribution in [1.82, 2.24) is 0 Å². The van der Waals surface area contributed by atoms with Crippen LogP contribution in [0.25, 0.3) is 21.9 Å². The number of carboxylic acids is 1. The number of anilines is 1. The van der Waals surface area contributed by atoms with Gasteiger partial charge in [-0.2, -0.15) is 0 Å². The third-order valence-electron chi connectivity index (χ3n) is 3.96. The average Bonchev–Trinajstić information content (AvgIpc) is 3.09. The first-order valence-corrected chi connectivity index (χ1v) is 9.38. The van der Waals surface area contributed by atoms with Crippen LogP contribution in [0.4, 0.5) is 5.00 Å². The van der Waals surface area contributed by atoms with Gasteiger partial charge in [0.05, 0.1) is 6.61 Å². The van der Waals surface area contributed by atoms with Crippen molar-refractivity contribution in [1.29, 1.82) is 0 Å². The van der Waals surface area contributed by atoms with Crippen molar-refractivity contribution in [3.05, 3.63) is 65.6 Å². The number of fused-ring (bicyclic) bond motifs is 1. The van der Waals surface area contributed by atoms with Crippen LogP contribution in [0.2, 0.25) is 0 Å². The van der Waals surface area contributed by atoms with Gasteiger partial charge < -0.3 is 15.2 Å². The highest BCUT2D eigenvalue weighted by atomic mass is 32.1. The fourth-order valence-electron chi connectivity index (χ4n) is 2.81. The van der Waals surface area contributed by atoms with Gasteiger partial charge in [-0.1, -0.05) is 42.5 Å². The number of esters is 1. The summed E-state index contributed by atoms with van der Waals surface area (Å²) in [6.45, 7) is 1.89. The molecule has 0 saturated carbocycles. The summed E-state index contributed by atoms with van der Waals surface area (Å²) in [5, 5.41) is 15.3. The molecule has 142 valence electrons. The van der Waals surface area contributed by atoms with Crippen LogP contribution in [-0.2, 0) is 14.3 Å². The number of carbonyl (C=O) groups excluding carboxylic acids is 2. The van der Waals surface area contributed by atoms with Crippen LogP contribution in [0.1, 0.15) is 17.3 Å². The summed E-state index contributed by atoms with van der Waals surface area (Å²) in [6, 6.07) is 13.6. The molecule has 0 unspecified atom stereocenters. The predicted octanol–water partition coefficient (Wildman–Crippen LogP) is 4.32. The quantitative estimate of drug-likeness (QED) is 0.479. The van der Waals surface area contributed by atoms with Gasteiger partial charge in [-0.15, -0.1) is 11.3 Å². The van der Waals surface area contributed by atoms with Gasteiger partial charge in [-0.25, -0.2) is 9.59 Å². The maximum atomic E-state index is 12.6. The van der Waals surface area contributed by atoms with Gasteiger partial charge >= 0.3 is 11.9 Å². The van der Waals surface area contributed by atoms with Crippen LogP contribution < -0.4 is 5.32 Å². The Morgan fingerprint density at radius 1 is 1.07 bits per heavy atom. The summed E-state index contributed by atoms with van der Waals surface area (Å²) in [4.78, 5) is 35.2. The predicted molar refractivity (Wildman–Crippen MR) is 109 cm³/mol. The van der Waals surface area contributed by atoms with E-state index in [0.29, 0.717) is 10.6 Å². The Kier molecular flexibility index (Phi) is 5.86. The molecular weight excluding hydrogens is 378 g/mol. The second kappa shape index (κ2) is 8.49. The summed E-state index contributed by atoms with van der Waals surface area (Å²) in [5.41, 5.74) is 1.75. The molecule has 0 fully saturated rings.